The van der Waals surface area contributed by atoms with Crippen molar-refractivity contribution in [3.05, 3.63) is 40.9 Å². The Morgan fingerprint density at radius 1 is 1.11 bits per heavy atom. The van der Waals surface area contributed by atoms with Crippen molar-refractivity contribution in [2.75, 3.05) is 14.1 Å². The van der Waals surface area contributed by atoms with Gasteiger partial charge in [-0.25, -0.2) is 4.79 Å². The predicted octanol–water partition coefficient (Wildman–Crippen LogP) is 2.36. The molecule has 0 heterocycles. The highest BCUT2D eigenvalue weighted by atomic mass is 35.5. The minimum absolute atomic E-state index is 0.0281. The lowest BCUT2D eigenvalue weighted by Gasteiger charge is -2.36. The maximum atomic E-state index is 12.2. The third-order valence-electron chi connectivity index (χ3n) is 4.57. The molecule has 3 N–H and O–H groups in total. The van der Waals surface area contributed by atoms with Crippen LogP contribution < -0.4 is 10.6 Å². The summed E-state index contributed by atoms with van der Waals surface area (Å²) in [7, 11) is 3.36. The highest BCUT2D eigenvalue weighted by molar-refractivity contribution is 6.30. The first-order valence-corrected chi connectivity index (χ1v) is 9.09. The molecule has 146 valence electrons. The van der Waals surface area contributed by atoms with Crippen LogP contribution in [0.1, 0.15) is 24.8 Å². The van der Waals surface area contributed by atoms with Crippen LogP contribution in [0.15, 0.2) is 30.3 Å². The van der Waals surface area contributed by atoms with E-state index in [9.17, 15) is 14.4 Å². The van der Waals surface area contributed by atoms with Crippen LogP contribution >= 0.6 is 11.6 Å². The van der Waals surface area contributed by atoms with Crippen molar-refractivity contribution < 1.29 is 19.5 Å². The third kappa shape index (κ3) is 6.29. The van der Waals surface area contributed by atoms with Crippen LogP contribution in [0.2, 0.25) is 5.02 Å². The van der Waals surface area contributed by atoms with Crippen molar-refractivity contribution in [2.24, 2.45) is 5.92 Å². The average molecular weight is 394 g/mol. The van der Waals surface area contributed by atoms with E-state index in [-0.39, 0.29) is 23.8 Å². The number of hydrogen-bond acceptors (Lipinski definition) is 3. The van der Waals surface area contributed by atoms with Gasteiger partial charge in [-0.05, 0) is 43.0 Å². The molecule has 1 aromatic carbocycles. The van der Waals surface area contributed by atoms with Gasteiger partial charge in [-0.3, -0.25) is 9.59 Å². The van der Waals surface area contributed by atoms with Crippen LogP contribution in [-0.4, -0.2) is 54.1 Å². The number of carbonyl (C=O) groups is 3. The second kappa shape index (κ2) is 9.41. The zero-order valence-corrected chi connectivity index (χ0v) is 16.1. The zero-order valence-electron chi connectivity index (χ0n) is 15.3. The Kier molecular flexibility index (Phi) is 7.24. The highest BCUT2D eigenvalue weighted by Crippen LogP contribution is 2.26. The number of benzene rings is 1. The molecule has 3 atom stereocenters. The molecule has 0 unspecified atom stereocenters. The number of rotatable bonds is 5. The van der Waals surface area contributed by atoms with E-state index in [1.54, 1.807) is 44.4 Å². The molecule has 3 amide bonds. The van der Waals surface area contributed by atoms with Crippen LogP contribution in [0, 0.1) is 5.92 Å². The topological polar surface area (TPSA) is 98.7 Å². The number of carbonyl (C=O) groups excluding carboxylic acids is 2. The summed E-state index contributed by atoms with van der Waals surface area (Å²) in [5, 5.41) is 15.0. The minimum atomic E-state index is -1.17. The molecular weight excluding hydrogens is 370 g/mol. The molecule has 1 fully saturated rings. The molecule has 2 rings (SSSR count). The van der Waals surface area contributed by atoms with Crippen LogP contribution in [0.5, 0.6) is 0 Å². The van der Waals surface area contributed by atoms with Gasteiger partial charge in [-0.15, -0.1) is 0 Å². The minimum Gasteiger partial charge on any atom is -0.465 e. The number of carboxylic acid groups (broad SMARTS) is 1. The molecule has 1 aromatic rings. The Labute approximate surface area is 163 Å². The summed E-state index contributed by atoms with van der Waals surface area (Å²) in [4.78, 5) is 37.0. The fourth-order valence-corrected chi connectivity index (χ4v) is 3.35. The van der Waals surface area contributed by atoms with Gasteiger partial charge in [0.05, 0.1) is 6.04 Å². The Morgan fingerprint density at radius 2 is 1.78 bits per heavy atom. The third-order valence-corrected chi connectivity index (χ3v) is 4.83. The summed E-state index contributed by atoms with van der Waals surface area (Å²) < 4.78 is 0. The van der Waals surface area contributed by atoms with E-state index in [1.165, 1.54) is 11.0 Å². The lowest BCUT2D eigenvalue weighted by molar-refractivity contribution is -0.134. The first-order valence-electron chi connectivity index (χ1n) is 8.71. The van der Waals surface area contributed by atoms with E-state index in [0.29, 0.717) is 24.3 Å². The largest absolute Gasteiger partial charge is 0.465 e. The van der Waals surface area contributed by atoms with E-state index in [0.717, 1.165) is 5.56 Å². The van der Waals surface area contributed by atoms with Gasteiger partial charge < -0.3 is 20.6 Å². The highest BCUT2D eigenvalue weighted by Gasteiger charge is 2.35. The van der Waals surface area contributed by atoms with E-state index < -0.39 is 12.1 Å². The van der Waals surface area contributed by atoms with Crippen molar-refractivity contribution in [1.29, 1.82) is 0 Å². The SMILES string of the molecule is CN(C)C(=O)[C@H]1CC[C@H](NC(=O)/C=C/c2ccc(Cl)cc2)[C@H](NC(=O)O)C1. The van der Waals surface area contributed by atoms with Crippen molar-refractivity contribution in [3.63, 3.8) is 0 Å². The van der Waals surface area contributed by atoms with Crippen LogP contribution in [0.4, 0.5) is 4.79 Å². The van der Waals surface area contributed by atoms with Crippen LogP contribution in [0.3, 0.4) is 0 Å². The molecular formula is C19H24ClN3O4. The fourth-order valence-electron chi connectivity index (χ4n) is 3.23. The van der Waals surface area contributed by atoms with Crippen molar-refractivity contribution >= 4 is 35.6 Å². The monoisotopic (exact) mass is 393 g/mol. The maximum absolute atomic E-state index is 12.2. The molecule has 1 saturated carbocycles. The Hall–Kier alpha value is -2.54. The number of nitrogens with one attached hydrogen (secondary N) is 2. The van der Waals surface area contributed by atoms with Gasteiger partial charge in [0.1, 0.15) is 0 Å². The maximum Gasteiger partial charge on any atom is 0.404 e. The van der Waals surface area contributed by atoms with Gasteiger partial charge in [0.25, 0.3) is 0 Å². The summed E-state index contributed by atoms with van der Waals surface area (Å²) in [5.41, 5.74) is 0.829. The average Bonchev–Trinajstić information content (AvgIpc) is 2.61. The molecule has 7 nitrogen and oxygen atoms in total. The fraction of sp³-hybridized carbons (Fsp3) is 0.421. The molecule has 1 aliphatic rings. The molecule has 8 heteroatoms. The first kappa shape index (κ1) is 20.8. The van der Waals surface area contributed by atoms with Crippen molar-refractivity contribution in [1.82, 2.24) is 15.5 Å². The summed E-state index contributed by atoms with van der Waals surface area (Å²) in [6.07, 6.45) is 3.37. The summed E-state index contributed by atoms with van der Waals surface area (Å²) in [6, 6.07) is 6.16. The smallest absolute Gasteiger partial charge is 0.404 e. The molecule has 0 bridgehead atoms. The molecule has 0 aromatic heterocycles. The van der Waals surface area contributed by atoms with E-state index in [1.807, 2.05) is 0 Å². The summed E-state index contributed by atoms with van der Waals surface area (Å²) >= 11 is 5.83. The first-order chi connectivity index (χ1) is 12.8. The van der Waals surface area contributed by atoms with Gasteiger partial charge >= 0.3 is 6.09 Å². The number of amides is 3. The normalized spacial score (nSPS) is 22.3. The van der Waals surface area contributed by atoms with E-state index in [4.69, 9.17) is 16.7 Å². The predicted molar refractivity (Wildman–Crippen MR) is 103 cm³/mol. The summed E-state index contributed by atoms with van der Waals surface area (Å²) in [5.74, 6) is -0.598. The van der Waals surface area contributed by atoms with Gasteiger partial charge in [0, 0.05) is 37.2 Å². The van der Waals surface area contributed by atoms with Crippen LogP contribution in [0.25, 0.3) is 6.08 Å². The van der Waals surface area contributed by atoms with Crippen molar-refractivity contribution in [3.8, 4) is 0 Å². The zero-order chi connectivity index (χ0) is 20.0. The standard InChI is InChI=1S/C19H24ClN3O4/c1-23(2)18(25)13-6-9-15(16(11-13)22-19(26)27)21-17(24)10-5-12-3-7-14(20)8-4-12/h3-5,7-8,10,13,15-16,22H,6,9,11H2,1-2H3,(H,21,24)(H,26,27)/b10-5+/t13-,15-,16+/m0/s1. The quantitative estimate of drug-likeness (QED) is 0.669. The second-order valence-electron chi connectivity index (χ2n) is 6.80. The Morgan fingerprint density at radius 3 is 2.37 bits per heavy atom. The number of nitrogens with zero attached hydrogens (tertiary/aromatic N) is 1. The van der Waals surface area contributed by atoms with Crippen LogP contribution in [-0.2, 0) is 9.59 Å². The lowest BCUT2D eigenvalue weighted by Crippen LogP contribution is -2.55. The molecule has 0 spiro atoms. The number of hydrogen-bond donors (Lipinski definition) is 3. The Balaban J connectivity index is 2.00. The Bertz CT molecular complexity index is 718. The molecule has 0 aliphatic heterocycles. The molecule has 1 aliphatic carbocycles. The van der Waals surface area contributed by atoms with Gasteiger partial charge in [0.2, 0.25) is 11.8 Å². The lowest BCUT2D eigenvalue weighted by atomic mass is 9.81. The van der Waals surface area contributed by atoms with Gasteiger partial charge in [-0.1, -0.05) is 23.7 Å². The molecule has 27 heavy (non-hydrogen) atoms. The summed E-state index contributed by atoms with van der Waals surface area (Å²) in [6.45, 7) is 0. The second-order valence-corrected chi connectivity index (χ2v) is 7.24. The molecule has 0 saturated heterocycles. The van der Waals surface area contributed by atoms with Crippen molar-refractivity contribution in [2.45, 2.75) is 31.3 Å². The van der Waals surface area contributed by atoms with Gasteiger partial charge in [-0.2, -0.15) is 0 Å². The van der Waals surface area contributed by atoms with E-state index in [2.05, 4.69) is 10.6 Å². The van der Waals surface area contributed by atoms with Gasteiger partial charge in [0.15, 0.2) is 0 Å². The number of halogens is 1. The molecule has 0 radical (unpaired) electrons. The van der Waals surface area contributed by atoms with E-state index >= 15 is 0 Å².